The molecule has 0 fully saturated rings. The first-order chi connectivity index (χ1) is 7.74. The number of hydrogen-bond acceptors (Lipinski definition) is 3. The molecular formula is C10H5ClF3NO2. The van der Waals surface area contributed by atoms with Gasteiger partial charge in [-0.25, -0.2) is 0 Å². The van der Waals surface area contributed by atoms with Crippen molar-refractivity contribution < 1.29 is 22.7 Å². The second-order valence-electron chi connectivity index (χ2n) is 3.04. The van der Waals surface area contributed by atoms with Crippen molar-refractivity contribution in [1.82, 2.24) is 0 Å². The number of halogens is 4. The Morgan fingerprint density at radius 1 is 1.47 bits per heavy atom. The van der Waals surface area contributed by atoms with Crippen LogP contribution in [0.3, 0.4) is 0 Å². The van der Waals surface area contributed by atoms with E-state index in [4.69, 9.17) is 16.9 Å². The third kappa shape index (κ3) is 3.36. The molecule has 0 saturated carbocycles. The van der Waals surface area contributed by atoms with Gasteiger partial charge in [-0.1, -0.05) is 11.6 Å². The minimum absolute atomic E-state index is 0.173. The van der Waals surface area contributed by atoms with E-state index in [1.54, 1.807) is 6.07 Å². The van der Waals surface area contributed by atoms with Crippen LogP contribution >= 0.6 is 11.6 Å². The molecule has 7 heteroatoms. The predicted molar refractivity (Wildman–Crippen MR) is 52.9 cm³/mol. The smallest absolute Gasteiger partial charge is 0.406 e. The third-order valence-electron chi connectivity index (χ3n) is 1.79. The summed E-state index contributed by atoms with van der Waals surface area (Å²) in [5.74, 6) is -1.21. The number of nitriles is 1. The number of benzene rings is 1. The molecule has 1 aromatic carbocycles. The highest BCUT2D eigenvalue weighted by Crippen LogP contribution is 2.30. The Balaban J connectivity index is 3.31. The summed E-state index contributed by atoms with van der Waals surface area (Å²) in [6, 6.07) is 3.31. The van der Waals surface area contributed by atoms with Crippen molar-refractivity contribution in [3.63, 3.8) is 0 Å². The van der Waals surface area contributed by atoms with Gasteiger partial charge in [0.1, 0.15) is 11.8 Å². The van der Waals surface area contributed by atoms with Gasteiger partial charge in [0.2, 0.25) is 0 Å². The van der Waals surface area contributed by atoms with Gasteiger partial charge in [0.05, 0.1) is 10.6 Å². The first kappa shape index (κ1) is 13.3. The van der Waals surface area contributed by atoms with Crippen molar-refractivity contribution in [2.24, 2.45) is 0 Å². The fourth-order valence-electron chi connectivity index (χ4n) is 1.17. The van der Waals surface area contributed by atoms with Crippen LogP contribution in [0.15, 0.2) is 12.1 Å². The molecule has 1 rings (SSSR count). The number of ketones is 1. The van der Waals surface area contributed by atoms with Crippen LogP contribution < -0.4 is 4.74 Å². The van der Waals surface area contributed by atoms with Gasteiger partial charge in [0.25, 0.3) is 0 Å². The van der Waals surface area contributed by atoms with Gasteiger partial charge in [0, 0.05) is 11.6 Å². The van der Waals surface area contributed by atoms with E-state index in [2.05, 4.69) is 4.74 Å². The van der Waals surface area contributed by atoms with E-state index in [9.17, 15) is 18.0 Å². The molecule has 0 radical (unpaired) electrons. The molecule has 0 spiro atoms. The third-order valence-corrected chi connectivity index (χ3v) is 2.09. The lowest BCUT2D eigenvalue weighted by atomic mass is 10.0. The Morgan fingerprint density at radius 2 is 2.06 bits per heavy atom. The van der Waals surface area contributed by atoms with Gasteiger partial charge < -0.3 is 4.74 Å². The maximum Gasteiger partial charge on any atom is 0.573 e. The standard InChI is InChI=1S/C10H5ClF3NO2/c1-5(16)7-2-6(17-10(12,13)14)3-9(11)8(7)4-15/h2-3H,1H3. The van der Waals surface area contributed by atoms with Crippen molar-refractivity contribution >= 4 is 17.4 Å². The van der Waals surface area contributed by atoms with Crippen molar-refractivity contribution in [2.45, 2.75) is 13.3 Å². The monoisotopic (exact) mass is 263 g/mol. The average molecular weight is 264 g/mol. The Labute approximate surface area is 99.4 Å². The van der Waals surface area contributed by atoms with Gasteiger partial charge in [-0.2, -0.15) is 5.26 Å². The second-order valence-corrected chi connectivity index (χ2v) is 3.45. The molecule has 0 N–H and O–H groups in total. The number of hydrogen-bond donors (Lipinski definition) is 0. The van der Waals surface area contributed by atoms with Gasteiger partial charge >= 0.3 is 6.36 Å². The maximum absolute atomic E-state index is 12.0. The van der Waals surface area contributed by atoms with E-state index < -0.39 is 17.9 Å². The summed E-state index contributed by atoms with van der Waals surface area (Å²) in [5.41, 5.74) is -0.382. The minimum Gasteiger partial charge on any atom is -0.406 e. The van der Waals surface area contributed by atoms with Crippen LogP contribution in [-0.2, 0) is 0 Å². The molecule has 0 aliphatic carbocycles. The lowest BCUT2D eigenvalue weighted by molar-refractivity contribution is -0.274. The summed E-state index contributed by atoms with van der Waals surface area (Å²) in [6.45, 7) is 1.11. The number of Topliss-reactive ketones (excluding diaryl/α,β-unsaturated/α-hetero) is 1. The number of rotatable bonds is 2. The van der Waals surface area contributed by atoms with Crippen LogP contribution in [0.5, 0.6) is 5.75 Å². The minimum atomic E-state index is -4.88. The second kappa shape index (κ2) is 4.63. The van der Waals surface area contributed by atoms with Crippen molar-refractivity contribution in [1.29, 1.82) is 5.26 Å². The number of nitrogens with zero attached hydrogens (tertiary/aromatic N) is 1. The normalized spacial score (nSPS) is 10.8. The quantitative estimate of drug-likeness (QED) is 0.769. The largest absolute Gasteiger partial charge is 0.573 e. The summed E-state index contributed by atoms with van der Waals surface area (Å²) >= 11 is 5.59. The molecule has 0 atom stereocenters. The summed E-state index contributed by atoms with van der Waals surface area (Å²) in [4.78, 5) is 11.1. The van der Waals surface area contributed by atoms with E-state index in [1.807, 2.05) is 0 Å². The molecule has 0 saturated heterocycles. The molecule has 17 heavy (non-hydrogen) atoms. The molecule has 0 heterocycles. The highest BCUT2D eigenvalue weighted by Gasteiger charge is 2.31. The molecule has 0 amide bonds. The Bertz CT molecular complexity index is 505. The van der Waals surface area contributed by atoms with E-state index in [-0.39, 0.29) is 16.1 Å². The number of ether oxygens (including phenoxy) is 1. The molecule has 0 unspecified atom stereocenters. The number of carbonyl (C=O) groups is 1. The Morgan fingerprint density at radius 3 is 2.47 bits per heavy atom. The van der Waals surface area contributed by atoms with Crippen LogP contribution in [0, 0.1) is 11.3 Å². The van der Waals surface area contributed by atoms with Crippen LogP contribution in [0.4, 0.5) is 13.2 Å². The fourth-order valence-corrected chi connectivity index (χ4v) is 1.42. The van der Waals surface area contributed by atoms with Crippen LogP contribution in [-0.4, -0.2) is 12.1 Å². The molecule has 0 aromatic heterocycles. The van der Waals surface area contributed by atoms with Gasteiger partial charge in [0.15, 0.2) is 5.78 Å². The van der Waals surface area contributed by atoms with E-state index in [0.29, 0.717) is 0 Å². The van der Waals surface area contributed by atoms with Crippen molar-refractivity contribution in [3.8, 4) is 11.8 Å². The maximum atomic E-state index is 12.0. The van der Waals surface area contributed by atoms with Crippen LogP contribution in [0.2, 0.25) is 5.02 Å². The highest BCUT2D eigenvalue weighted by atomic mass is 35.5. The first-order valence-corrected chi connectivity index (χ1v) is 4.62. The zero-order valence-corrected chi connectivity index (χ0v) is 9.19. The average Bonchev–Trinajstić information content (AvgIpc) is 2.13. The molecule has 0 aliphatic heterocycles. The van der Waals surface area contributed by atoms with Gasteiger partial charge in [-0.05, 0) is 13.0 Å². The van der Waals surface area contributed by atoms with Crippen LogP contribution in [0.1, 0.15) is 22.8 Å². The van der Waals surface area contributed by atoms with Gasteiger partial charge in [-0.3, -0.25) is 4.79 Å². The van der Waals surface area contributed by atoms with E-state index >= 15 is 0 Å². The Kier molecular flexibility index (Phi) is 3.63. The highest BCUT2D eigenvalue weighted by molar-refractivity contribution is 6.32. The SMILES string of the molecule is CC(=O)c1cc(OC(F)(F)F)cc(Cl)c1C#N. The summed E-state index contributed by atoms with van der Waals surface area (Å²) in [6.07, 6.45) is -4.88. The lowest BCUT2D eigenvalue weighted by Gasteiger charge is -2.11. The fraction of sp³-hybridized carbons (Fsp3) is 0.200. The topological polar surface area (TPSA) is 50.1 Å². The van der Waals surface area contributed by atoms with E-state index in [0.717, 1.165) is 19.1 Å². The number of carbonyl (C=O) groups excluding carboxylic acids is 1. The molecule has 1 aromatic rings. The predicted octanol–water partition coefficient (Wildman–Crippen LogP) is 3.31. The van der Waals surface area contributed by atoms with E-state index in [1.165, 1.54) is 0 Å². The zero-order chi connectivity index (χ0) is 13.2. The van der Waals surface area contributed by atoms with Crippen molar-refractivity contribution in [3.05, 3.63) is 28.3 Å². The van der Waals surface area contributed by atoms with Gasteiger partial charge in [-0.15, -0.1) is 13.2 Å². The Hall–Kier alpha value is -1.74. The summed E-state index contributed by atoms with van der Waals surface area (Å²) in [5, 5.41) is 8.46. The summed E-state index contributed by atoms with van der Waals surface area (Å²) in [7, 11) is 0. The van der Waals surface area contributed by atoms with Crippen molar-refractivity contribution in [2.75, 3.05) is 0 Å². The molecular weight excluding hydrogens is 259 g/mol. The van der Waals surface area contributed by atoms with Crippen LogP contribution in [0.25, 0.3) is 0 Å². The zero-order valence-electron chi connectivity index (χ0n) is 8.43. The molecule has 0 bridgehead atoms. The first-order valence-electron chi connectivity index (χ1n) is 4.25. The molecule has 90 valence electrons. The lowest BCUT2D eigenvalue weighted by Crippen LogP contribution is -2.17. The summed E-state index contributed by atoms with van der Waals surface area (Å²) < 4.78 is 39.5. The molecule has 0 aliphatic rings. The molecule has 3 nitrogen and oxygen atoms in total. The number of alkyl halides is 3.